The number of rotatable bonds is 7. The Balaban J connectivity index is 4.37. The summed E-state index contributed by atoms with van der Waals surface area (Å²) in [5, 5.41) is 54.5. The summed E-state index contributed by atoms with van der Waals surface area (Å²) in [7, 11) is 0. The first-order chi connectivity index (χ1) is 7.84. The average molecular weight is 254 g/mol. The van der Waals surface area contributed by atoms with Gasteiger partial charge in [-0.05, 0) is 0 Å². The zero-order valence-corrected chi connectivity index (χ0v) is 9.30. The molecule has 0 fully saturated rings. The Morgan fingerprint density at radius 2 is 1.59 bits per heavy atom. The molecular weight excluding hydrogens is 236 g/mol. The molecule has 0 aliphatic carbocycles. The van der Waals surface area contributed by atoms with Gasteiger partial charge in [0.2, 0.25) is 6.29 Å². The van der Waals surface area contributed by atoms with Crippen LogP contribution in [0.3, 0.4) is 0 Å². The lowest BCUT2D eigenvalue weighted by atomic mass is 10.0. The molecule has 0 saturated carbocycles. The molecule has 0 aromatic heterocycles. The fourth-order valence-electron chi connectivity index (χ4n) is 0.994. The highest BCUT2D eigenvalue weighted by Gasteiger charge is 2.35. The van der Waals surface area contributed by atoms with Crippen molar-refractivity contribution in [2.45, 2.75) is 44.1 Å². The Morgan fingerprint density at radius 3 is 2.00 bits per heavy atom. The topological polar surface area (TPSA) is 148 Å². The summed E-state index contributed by atoms with van der Waals surface area (Å²) in [4.78, 5) is 10.8. The molecule has 1 unspecified atom stereocenters. The number of carbonyl (C=O) groups excluding carboxylic acids is 1. The molecule has 5 atom stereocenters. The summed E-state index contributed by atoms with van der Waals surface area (Å²) in [5.74, 6) is -0.805. The van der Waals surface area contributed by atoms with Gasteiger partial charge in [0.25, 0.3) is 0 Å². The maximum Gasteiger partial charge on any atom is 0.307 e. The largest absolute Gasteiger partial charge is 0.433 e. The van der Waals surface area contributed by atoms with Gasteiger partial charge < -0.3 is 35.4 Å². The van der Waals surface area contributed by atoms with Gasteiger partial charge in [-0.3, -0.25) is 4.79 Å². The van der Waals surface area contributed by atoms with E-state index in [-0.39, 0.29) is 6.42 Å². The predicted octanol–water partition coefficient (Wildman–Crippen LogP) is -3.31. The molecule has 0 rings (SSSR count). The van der Waals surface area contributed by atoms with Crippen molar-refractivity contribution in [1.82, 2.24) is 0 Å². The van der Waals surface area contributed by atoms with Gasteiger partial charge in [-0.2, -0.15) is 0 Å². The predicted molar refractivity (Wildman–Crippen MR) is 53.5 cm³/mol. The number of aliphatic hydroxyl groups excluding tert-OH is 6. The third-order valence-corrected chi connectivity index (χ3v) is 2.11. The highest BCUT2D eigenvalue weighted by molar-refractivity contribution is 5.68. The molecule has 0 aliphatic rings. The quantitative estimate of drug-likeness (QED) is 0.204. The van der Waals surface area contributed by atoms with Crippen LogP contribution in [-0.4, -0.2) is 73.9 Å². The van der Waals surface area contributed by atoms with Gasteiger partial charge in [0.15, 0.2) is 0 Å². The van der Waals surface area contributed by atoms with Gasteiger partial charge >= 0.3 is 5.97 Å². The number of carbonyl (C=O) groups is 1. The minimum Gasteiger partial charge on any atom is -0.433 e. The molecule has 102 valence electrons. The molecule has 8 heteroatoms. The molecule has 6 N–H and O–H groups in total. The van der Waals surface area contributed by atoms with E-state index in [1.165, 1.54) is 6.92 Å². The van der Waals surface area contributed by atoms with Crippen molar-refractivity contribution in [2.24, 2.45) is 0 Å². The molecule has 0 radical (unpaired) electrons. The van der Waals surface area contributed by atoms with Gasteiger partial charge in [-0.15, -0.1) is 0 Å². The Labute approximate surface area is 97.7 Å². The van der Waals surface area contributed by atoms with Crippen LogP contribution in [0.15, 0.2) is 0 Å². The van der Waals surface area contributed by atoms with Crippen LogP contribution in [0.2, 0.25) is 0 Å². The number of aliphatic hydroxyl groups is 6. The normalized spacial score (nSPS) is 20.2. The zero-order chi connectivity index (χ0) is 13.6. The molecule has 0 aliphatic heterocycles. The van der Waals surface area contributed by atoms with Crippen LogP contribution in [0, 0.1) is 0 Å². The Morgan fingerprint density at radius 1 is 1.06 bits per heavy atom. The molecule has 0 aromatic rings. The summed E-state index contributed by atoms with van der Waals surface area (Å²) in [6.07, 6.45) is -9.61. The summed E-state index contributed by atoms with van der Waals surface area (Å²) in [6, 6.07) is 0. The van der Waals surface area contributed by atoms with Gasteiger partial charge in [0.05, 0.1) is 6.61 Å². The fourth-order valence-corrected chi connectivity index (χ4v) is 0.994. The third-order valence-electron chi connectivity index (χ3n) is 2.11. The van der Waals surface area contributed by atoms with Gasteiger partial charge in [0, 0.05) is 6.42 Å². The van der Waals surface area contributed by atoms with Gasteiger partial charge in [-0.1, -0.05) is 6.92 Å². The first-order valence-corrected chi connectivity index (χ1v) is 5.05. The molecule has 17 heavy (non-hydrogen) atoms. The Hall–Kier alpha value is -0.770. The van der Waals surface area contributed by atoms with Crippen LogP contribution in [0.5, 0.6) is 0 Å². The molecule has 0 saturated heterocycles. The first-order valence-electron chi connectivity index (χ1n) is 5.05. The smallest absolute Gasteiger partial charge is 0.307 e. The maximum atomic E-state index is 10.8. The first kappa shape index (κ1) is 16.2. The van der Waals surface area contributed by atoms with E-state index in [1.807, 2.05) is 0 Å². The van der Waals surface area contributed by atoms with E-state index in [0.29, 0.717) is 0 Å². The standard InChI is InChI=1S/C9H18O8/c1-2-5(12)17-9(16)8(15)7(14)6(13)4(11)3-10/h4,6-11,13-16H,2-3H2,1H3/t4-,6-,7-,8-,9?/m1/s1. The lowest BCUT2D eigenvalue weighted by Crippen LogP contribution is -2.50. The SMILES string of the molecule is CCC(=O)OC(O)[C@H](O)[C@H](O)[C@H](O)[C@H](O)CO. The molecule has 8 nitrogen and oxygen atoms in total. The van der Waals surface area contributed by atoms with Crippen molar-refractivity contribution in [3.8, 4) is 0 Å². The zero-order valence-electron chi connectivity index (χ0n) is 9.30. The lowest BCUT2D eigenvalue weighted by Gasteiger charge is -2.27. The second kappa shape index (κ2) is 7.54. The van der Waals surface area contributed by atoms with Crippen molar-refractivity contribution < 1.29 is 40.2 Å². The minimum atomic E-state index is -2.03. The summed E-state index contributed by atoms with van der Waals surface area (Å²) in [5.41, 5.74) is 0. The number of hydrogen-bond donors (Lipinski definition) is 6. The van der Waals surface area contributed by atoms with E-state index in [2.05, 4.69) is 4.74 Å². The van der Waals surface area contributed by atoms with Crippen molar-refractivity contribution in [1.29, 1.82) is 0 Å². The average Bonchev–Trinajstić information content (AvgIpc) is 2.34. The summed E-state index contributed by atoms with van der Waals surface area (Å²) in [6.45, 7) is 0.623. The van der Waals surface area contributed by atoms with Crippen LogP contribution in [0.1, 0.15) is 13.3 Å². The fraction of sp³-hybridized carbons (Fsp3) is 0.889. The summed E-state index contributed by atoms with van der Waals surface area (Å²) >= 11 is 0. The lowest BCUT2D eigenvalue weighted by molar-refractivity contribution is -0.213. The minimum absolute atomic E-state index is 0.0400. The van der Waals surface area contributed by atoms with Crippen LogP contribution >= 0.6 is 0 Å². The molecule has 0 spiro atoms. The molecular formula is C9H18O8. The van der Waals surface area contributed by atoms with Crippen molar-refractivity contribution in [3.05, 3.63) is 0 Å². The van der Waals surface area contributed by atoms with Crippen LogP contribution in [0.25, 0.3) is 0 Å². The highest BCUT2D eigenvalue weighted by atomic mass is 16.6. The number of hydrogen-bond acceptors (Lipinski definition) is 8. The van der Waals surface area contributed by atoms with E-state index >= 15 is 0 Å². The summed E-state index contributed by atoms with van der Waals surface area (Å²) < 4.78 is 4.30. The second-order valence-electron chi connectivity index (χ2n) is 3.46. The number of ether oxygens (including phenoxy) is 1. The van der Waals surface area contributed by atoms with Crippen LogP contribution < -0.4 is 0 Å². The van der Waals surface area contributed by atoms with Gasteiger partial charge in [0.1, 0.15) is 24.4 Å². The Bertz CT molecular complexity index is 233. The molecule has 0 bridgehead atoms. The van der Waals surface area contributed by atoms with Crippen LogP contribution in [0.4, 0.5) is 0 Å². The van der Waals surface area contributed by atoms with Crippen molar-refractivity contribution in [2.75, 3.05) is 6.61 Å². The van der Waals surface area contributed by atoms with Crippen LogP contribution in [-0.2, 0) is 9.53 Å². The van der Waals surface area contributed by atoms with E-state index in [9.17, 15) is 25.2 Å². The van der Waals surface area contributed by atoms with Crippen molar-refractivity contribution >= 4 is 5.97 Å². The van der Waals surface area contributed by atoms with Crippen molar-refractivity contribution in [3.63, 3.8) is 0 Å². The Kier molecular flexibility index (Phi) is 7.19. The second-order valence-corrected chi connectivity index (χ2v) is 3.46. The maximum absolute atomic E-state index is 10.8. The molecule has 0 amide bonds. The van der Waals surface area contributed by atoms with E-state index in [0.717, 1.165) is 0 Å². The third kappa shape index (κ3) is 4.94. The van der Waals surface area contributed by atoms with E-state index < -0.39 is 43.3 Å². The highest BCUT2D eigenvalue weighted by Crippen LogP contribution is 2.09. The molecule has 0 aromatic carbocycles. The van der Waals surface area contributed by atoms with E-state index in [1.54, 1.807) is 0 Å². The van der Waals surface area contributed by atoms with Gasteiger partial charge in [-0.25, -0.2) is 0 Å². The number of esters is 1. The monoisotopic (exact) mass is 254 g/mol. The molecule has 0 heterocycles. The van der Waals surface area contributed by atoms with E-state index in [4.69, 9.17) is 10.2 Å².